The highest BCUT2D eigenvalue weighted by atomic mass is 32.1. The van der Waals surface area contributed by atoms with Gasteiger partial charge in [-0.3, -0.25) is 19.2 Å². The van der Waals surface area contributed by atoms with Crippen LogP contribution in [0, 0.1) is 12.7 Å². The van der Waals surface area contributed by atoms with Crippen LogP contribution in [0.2, 0.25) is 0 Å². The molecule has 1 atom stereocenters. The third-order valence-electron chi connectivity index (χ3n) is 7.73. The van der Waals surface area contributed by atoms with E-state index >= 15 is 4.39 Å². The van der Waals surface area contributed by atoms with Crippen LogP contribution in [-0.2, 0) is 18.3 Å². The highest BCUT2D eigenvalue weighted by molar-refractivity contribution is 7.15. The fraction of sp³-hybridized carbons (Fsp3) is 0.448. The lowest BCUT2D eigenvalue weighted by molar-refractivity contribution is 0.122. The van der Waals surface area contributed by atoms with Crippen molar-refractivity contribution < 1.29 is 9.13 Å². The Morgan fingerprint density at radius 2 is 1.93 bits per heavy atom. The third-order valence-corrected chi connectivity index (χ3v) is 9.06. The average molecular weight is 564 g/mol. The smallest absolute Gasteiger partial charge is 0.275 e. The van der Waals surface area contributed by atoms with Gasteiger partial charge >= 0.3 is 0 Å². The summed E-state index contributed by atoms with van der Waals surface area (Å²) in [6.07, 6.45) is 6.11. The van der Waals surface area contributed by atoms with E-state index in [0.717, 1.165) is 41.0 Å². The Morgan fingerprint density at radius 1 is 1.15 bits per heavy atom. The molecule has 0 saturated carbocycles. The molecule has 1 N–H and O–H groups in total. The summed E-state index contributed by atoms with van der Waals surface area (Å²) in [5.41, 5.74) is 3.17. The van der Waals surface area contributed by atoms with Crippen molar-refractivity contribution in [1.82, 2.24) is 24.4 Å². The highest BCUT2D eigenvalue weighted by Crippen LogP contribution is 2.38. The third kappa shape index (κ3) is 5.21. The number of pyridine rings is 2. The second-order valence-electron chi connectivity index (χ2n) is 10.6. The van der Waals surface area contributed by atoms with E-state index < -0.39 is 0 Å². The first kappa shape index (κ1) is 26.8. The van der Waals surface area contributed by atoms with E-state index in [9.17, 15) is 4.79 Å². The zero-order valence-electron chi connectivity index (χ0n) is 23.1. The predicted octanol–water partition coefficient (Wildman–Crippen LogP) is 4.51. The zero-order chi connectivity index (χ0) is 27.8. The van der Waals surface area contributed by atoms with E-state index in [4.69, 9.17) is 4.74 Å². The highest BCUT2D eigenvalue weighted by Gasteiger charge is 2.23. The summed E-state index contributed by atoms with van der Waals surface area (Å²) in [7, 11) is 1.73. The Balaban J connectivity index is 1.33. The molecule has 2 saturated heterocycles. The first-order valence-corrected chi connectivity index (χ1v) is 14.6. The fourth-order valence-electron chi connectivity index (χ4n) is 5.62. The molecule has 4 aromatic rings. The van der Waals surface area contributed by atoms with Gasteiger partial charge in [0.25, 0.3) is 5.56 Å². The number of likely N-dealkylation sites (tertiary alicyclic amines) is 1. The quantitative estimate of drug-likeness (QED) is 0.352. The minimum atomic E-state index is -0.357. The van der Waals surface area contributed by atoms with Gasteiger partial charge in [0.1, 0.15) is 28.8 Å². The summed E-state index contributed by atoms with van der Waals surface area (Å²) in [6, 6.07) is 5.11. The van der Waals surface area contributed by atoms with E-state index in [1.165, 1.54) is 24.2 Å². The molecule has 0 bridgehead atoms. The summed E-state index contributed by atoms with van der Waals surface area (Å²) in [5, 5.41) is 4.16. The van der Waals surface area contributed by atoms with Crippen molar-refractivity contribution in [2.24, 2.45) is 7.05 Å². The van der Waals surface area contributed by atoms with E-state index in [0.29, 0.717) is 54.2 Å². The lowest BCUT2D eigenvalue weighted by Gasteiger charge is -2.29. The maximum atomic E-state index is 15.5. The van der Waals surface area contributed by atoms with Crippen LogP contribution in [0.1, 0.15) is 42.1 Å². The fourth-order valence-corrected chi connectivity index (χ4v) is 6.72. The lowest BCUT2D eigenvalue weighted by Crippen LogP contribution is -2.40. The van der Waals surface area contributed by atoms with Crippen molar-refractivity contribution >= 4 is 33.9 Å². The summed E-state index contributed by atoms with van der Waals surface area (Å²) in [4.78, 5) is 32.8. The Labute approximate surface area is 236 Å². The molecule has 2 aliphatic heterocycles. The van der Waals surface area contributed by atoms with Gasteiger partial charge in [-0.15, -0.1) is 11.3 Å². The Kier molecular flexibility index (Phi) is 7.52. The van der Waals surface area contributed by atoms with Gasteiger partial charge in [-0.25, -0.2) is 14.4 Å². The van der Waals surface area contributed by atoms with Gasteiger partial charge in [0.05, 0.1) is 29.5 Å². The molecule has 0 amide bonds. The van der Waals surface area contributed by atoms with E-state index in [-0.39, 0.29) is 17.4 Å². The molecule has 0 aliphatic carbocycles. The lowest BCUT2D eigenvalue weighted by atomic mass is 10.1. The van der Waals surface area contributed by atoms with Crippen molar-refractivity contribution in [2.45, 2.75) is 39.3 Å². The van der Waals surface area contributed by atoms with Crippen LogP contribution in [-0.4, -0.2) is 63.8 Å². The molecule has 0 unspecified atom stereocenters. The van der Waals surface area contributed by atoms with Crippen molar-refractivity contribution in [1.29, 1.82) is 0 Å². The minimum Gasteiger partial charge on any atom is -0.378 e. The largest absolute Gasteiger partial charge is 0.378 e. The van der Waals surface area contributed by atoms with Crippen molar-refractivity contribution in [3.8, 4) is 10.4 Å². The van der Waals surface area contributed by atoms with Crippen LogP contribution >= 0.6 is 11.3 Å². The maximum absolute atomic E-state index is 15.5. The molecular formula is C29H34FN7O2S. The normalized spacial score (nSPS) is 17.1. The summed E-state index contributed by atoms with van der Waals surface area (Å²) in [5.74, 6) is 0.862. The molecule has 4 aromatic heterocycles. The Bertz CT molecular complexity index is 1590. The topological polar surface area (TPSA) is 88.4 Å². The number of morpholine rings is 1. The maximum Gasteiger partial charge on any atom is 0.275 e. The Hall–Kier alpha value is -3.41. The molecule has 2 fully saturated rings. The van der Waals surface area contributed by atoms with Crippen LogP contribution in [0.15, 0.2) is 35.4 Å². The van der Waals surface area contributed by atoms with Crippen molar-refractivity contribution in [3.63, 3.8) is 0 Å². The van der Waals surface area contributed by atoms with Crippen LogP contribution in [0.5, 0.6) is 0 Å². The number of hydrogen-bond donors (Lipinski definition) is 1. The number of anilines is 2. The van der Waals surface area contributed by atoms with Gasteiger partial charge in [-0.05, 0) is 69.1 Å². The number of aromatic nitrogens is 4. The van der Waals surface area contributed by atoms with Gasteiger partial charge in [0.15, 0.2) is 0 Å². The second-order valence-corrected chi connectivity index (χ2v) is 11.6. The molecule has 11 heteroatoms. The van der Waals surface area contributed by atoms with E-state index in [2.05, 4.69) is 25.2 Å². The number of rotatable bonds is 7. The standard InChI is InChI=1S/C29H34FN7O2S/c1-18(26-23(30)15-25(40-26)21-6-7-31-16-20(21)17-36-8-4-5-9-36)32-27-22-14-24(37-10-12-39-13-11-37)29(38)35(3)28(22)34-19(2)33-27/h6-7,14-16,18H,4-5,8-13,17H2,1-3H3,(H,32,33,34)/t18-/m1/s1. The Morgan fingerprint density at radius 3 is 2.70 bits per heavy atom. The van der Waals surface area contributed by atoms with Crippen LogP contribution < -0.4 is 15.8 Å². The average Bonchev–Trinajstić information content (AvgIpc) is 3.61. The van der Waals surface area contributed by atoms with Gasteiger partial charge in [-0.1, -0.05) is 0 Å². The summed E-state index contributed by atoms with van der Waals surface area (Å²) >= 11 is 1.45. The number of halogens is 1. The predicted molar refractivity (Wildman–Crippen MR) is 157 cm³/mol. The number of nitrogens with zero attached hydrogens (tertiary/aromatic N) is 6. The summed E-state index contributed by atoms with van der Waals surface area (Å²) < 4.78 is 22.5. The first-order chi connectivity index (χ1) is 19.4. The zero-order valence-corrected chi connectivity index (χ0v) is 23.9. The number of fused-ring (bicyclic) bond motifs is 1. The van der Waals surface area contributed by atoms with Crippen LogP contribution in [0.25, 0.3) is 21.5 Å². The first-order valence-electron chi connectivity index (χ1n) is 13.8. The number of hydrogen-bond acceptors (Lipinski definition) is 9. The molecule has 0 aromatic carbocycles. The molecular weight excluding hydrogens is 529 g/mol. The molecule has 0 radical (unpaired) electrons. The molecule has 2 aliphatic rings. The second kappa shape index (κ2) is 11.2. The molecule has 9 nitrogen and oxygen atoms in total. The van der Waals surface area contributed by atoms with Gasteiger partial charge in [-0.2, -0.15) is 0 Å². The van der Waals surface area contributed by atoms with Gasteiger partial charge in [0.2, 0.25) is 0 Å². The number of aryl methyl sites for hydroxylation is 2. The van der Waals surface area contributed by atoms with Crippen LogP contribution in [0.3, 0.4) is 0 Å². The number of thiophene rings is 1. The van der Waals surface area contributed by atoms with Crippen molar-refractivity contribution in [2.75, 3.05) is 49.6 Å². The van der Waals surface area contributed by atoms with Crippen LogP contribution in [0.4, 0.5) is 15.9 Å². The number of ether oxygens (including phenoxy) is 1. The summed E-state index contributed by atoms with van der Waals surface area (Å²) in [6.45, 7) is 9.16. The van der Waals surface area contributed by atoms with Crippen molar-refractivity contribution in [3.05, 3.63) is 63.0 Å². The van der Waals surface area contributed by atoms with Gasteiger partial charge < -0.3 is 15.0 Å². The molecule has 6 rings (SSSR count). The number of nitrogens with one attached hydrogen (secondary N) is 1. The van der Waals surface area contributed by atoms with E-state index in [1.807, 2.05) is 30.2 Å². The monoisotopic (exact) mass is 563 g/mol. The minimum absolute atomic E-state index is 0.109. The molecule has 0 spiro atoms. The molecule has 6 heterocycles. The molecule has 40 heavy (non-hydrogen) atoms. The molecule has 210 valence electrons. The SMILES string of the molecule is Cc1nc(N[C@H](C)c2sc(-c3ccncc3CN3CCCC3)cc2F)c2cc(N3CCOCC3)c(=O)n(C)c2n1. The van der Waals surface area contributed by atoms with E-state index in [1.54, 1.807) is 30.8 Å². The van der Waals surface area contributed by atoms with Gasteiger partial charge in [0, 0.05) is 44.0 Å².